The summed E-state index contributed by atoms with van der Waals surface area (Å²) in [5, 5.41) is 9.34. The average Bonchev–Trinajstić information content (AvgIpc) is 2.63. The smallest absolute Gasteiger partial charge is 0.410 e. The van der Waals surface area contributed by atoms with E-state index in [4.69, 9.17) is 14.2 Å². The van der Waals surface area contributed by atoms with E-state index in [2.05, 4.69) is 0 Å². The Morgan fingerprint density at radius 2 is 2.04 bits per heavy atom. The monoisotopic (exact) mass is 397 g/mol. The maximum Gasteiger partial charge on any atom is 0.410 e. The number of halogens is 1. The van der Waals surface area contributed by atoms with Crippen LogP contribution in [0.15, 0.2) is 18.2 Å². The van der Waals surface area contributed by atoms with Gasteiger partial charge in [0, 0.05) is 25.1 Å². The number of carbonyl (C=O) groups excluding carboxylic acids is 1. The van der Waals surface area contributed by atoms with E-state index in [1.807, 2.05) is 20.8 Å². The minimum absolute atomic E-state index is 0.00686. The van der Waals surface area contributed by atoms with Gasteiger partial charge < -0.3 is 24.2 Å². The number of piperidine rings is 1. The van der Waals surface area contributed by atoms with E-state index in [1.165, 1.54) is 18.2 Å². The quantitative estimate of drug-likeness (QED) is 0.754. The summed E-state index contributed by atoms with van der Waals surface area (Å²) in [6.07, 6.45) is 1.32. The van der Waals surface area contributed by atoms with Gasteiger partial charge in [-0.15, -0.1) is 0 Å². The molecule has 2 rings (SSSR count). The summed E-state index contributed by atoms with van der Waals surface area (Å²) >= 11 is 0. The first kappa shape index (κ1) is 21.8. The third-order valence-electron chi connectivity index (χ3n) is 4.17. The Morgan fingerprint density at radius 3 is 2.68 bits per heavy atom. The molecule has 1 unspecified atom stereocenters. The SMILES string of the molecule is CC(C)(C)OC(=O)N1CCCC(COc2cc(OCCF)ccc2C(=O)O)C1. The van der Waals surface area contributed by atoms with Gasteiger partial charge in [-0.25, -0.2) is 14.0 Å². The second-order valence-corrected chi connectivity index (χ2v) is 7.75. The molecule has 1 heterocycles. The van der Waals surface area contributed by atoms with E-state index in [-0.39, 0.29) is 36.5 Å². The Hall–Kier alpha value is -2.51. The molecule has 0 saturated carbocycles. The zero-order valence-corrected chi connectivity index (χ0v) is 16.6. The molecule has 8 heteroatoms. The van der Waals surface area contributed by atoms with E-state index in [9.17, 15) is 19.1 Å². The topological polar surface area (TPSA) is 85.3 Å². The summed E-state index contributed by atoms with van der Waals surface area (Å²) in [6, 6.07) is 4.30. The van der Waals surface area contributed by atoms with Gasteiger partial charge in [-0.3, -0.25) is 0 Å². The molecule has 1 saturated heterocycles. The normalized spacial score (nSPS) is 17.1. The van der Waals surface area contributed by atoms with Crippen molar-refractivity contribution in [2.24, 2.45) is 5.92 Å². The molecule has 0 radical (unpaired) electrons. The highest BCUT2D eigenvalue weighted by atomic mass is 19.1. The highest BCUT2D eigenvalue weighted by Crippen LogP contribution is 2.27. The van der Waals surface area contributed by atoms with Crippen LogP contribution in [0.5, 0.6) is 11.5 Å². The Balaban J connectivity index is 2.00. The van der Waals surface area contributed by atoms with Crippen LogP contribution in [-0.2, 0) is 4.74 Å². The first-order valence-corrected chi connectivity index (χ1v) is 9.36. The van der Waals surface area contributed by atoms with Crippen molar-refractivity contribution in [3.05, 3.63) is 23.8 Å². The van der Waals surface area contributed by atoms with Crippen LogP contribution < -0.4 is 9.47 Å². The molecule has 1 atom stereocenters. The maximum absolute atomic E-state index is 12.3. The predicted octanol–water partition coefficient (Wildman–Crippen LogP) is 3.76. The molecule has 7 nitrogen and oxygen atoms in total. The van der Waals surface area contributed by atoms with Gasteiger partial charge in [0.1, 0.15) is 35.9 Å². The lowest BCUT2D eigenvalue weighted by molar-refractivity contribution is 0.0139. The lowest BCUT2D eigenvalue weighted by Crippen LogP contribution is -2.44. The number of amides is 1. The van der Waals surface area contributed by atoms with Crippen LogP contribution in [0.2, 0.25) is 0 Å². The summed E-state index contributed by atoms with van der Waals surface area (Å²) in [5.74, 6) is -0.556. The highest BCUT2D eigenvalue weighted by molar-refractivity contribution is 5.91. The van der Waals surface area contributed by atoms with Crippen molar-refractivity contribution in [2.45, 2.75) is 39.2 Å². The van der Waals surface area contributed by atoms with Gasteiger partial charge in [-0.2, -0.15) is 0 Å². The van der Waals surface area contributed by atoms with Crippen LogP contribution in [-0.4, -0.2) is 60.6 Å². The number of alkyl halides is 1. The van der Waals surface area contributed by atoms with Crippen molar-refractivity contribution in [2.75, 3.05) is 33.0 Å². The number of likely N-dealkylation sites (tertiary alicyclic amines) is 1. The minimum Gasteiger partial charge on any atom is -0.492 e. The van der Waals surface area contributed by atoms with Crippen LogP contribution in [0.3, 0.4) is 0 Å². The molecule has 28 heavy (non-hydrogen) atoms. The standard InChI is InChI=1S/C20H28FNO6/c1-20(2,3)28-19(25)22-9-4-5-14(12-22)13-27-17-11-15(26-10-8-21)6-7-16(17)18(23)24/h6-7,11,14H,4-5,8-10,12-13H2,1-3H3,(H,23,24). The zero-order valence-electron chi connectivity index (χ0n) is 16.6. The minimum atomic E-state index is -1.12. The van der Waals surface area contributed by atoms with Gasteiger partial charge in [0.05, 0.1) is 6.61 Å². The number of carboxylic acid groups (broad SMARTS) is 1. The number of carbonyl (C=O) groups is 2. The summed E-state index contributed by atoms with van der Waals surface area (Å²) in [6.45, 7) is 6.07. The number of carboxylic acids is 1. The number of benzene rings is 1. The van der Waals surface area contributed by atoms with Crippen LogP contribution >= 0.6 is 0 Å². The molecular weight excluding hydrogens is 369 g/mol. The Labute approximate surface area is 164 Å². The van der Waals surface area contributed by atoms with E-state index < -0.39 is 18.2 Å². The predicted molar refractivity (Wildman–Crippen MR) is 101 cm³/mol. The van der Waals surface area contributed by atoms with Crippen LogP contribution in [0.1, 0.15) is 44.0 Å². The van der Waals surface area contributed by atoms with E-state index >= 15 is 0 Å². The van der Waals surface area contributed by atoms with Gasteiger partial charge >= 0.3 is 12.1 Å². The zero-order chi connectivity index (χ0) is 20.7. The molecule has 1 aromatic rings. The number of hydrogen-bond donors (Lipinski definition) is 1. The largest absolute Gasteiger partial charge is 0.492 e. The second kappa shape index (κ2) is 9.61. The number of aromatic carboxylic acids is 1. The van der Waals surface area contributed by atoms with Gasteiger partial charge in [-0.05, 0) is 45.7 Å². The first-order valence-electron chi connectivity index (χ1n) is 9.36. The van der Waals surface area contributed by atoms with Crippen LogP contribution in [0.25, 0.3) is 0 Å². The molecular formula is C20H28FNO6. The van der Waals surface area contributed by atoms with Gasteiger partial charge in [0.2, 0.25) is 0 Å². The fourth-order valence-electron chi connectivity index (χ4n) is 2.95. The van der Waals surface area contributed by atoms with Gasteiger partial charge in [0.25, 0.3) is 0 Å². The molecule has 1 fully saturated rings. The third-order valence-corrected chi connectivity index (χ3v) is 4.17. The van der Waals surface area contributed by atoms with Crippen molar-refractivity contribution in [3.63, 3.8) is 0 Å². The fraction of sp³-hybridized carbons (Fsp3) is 0.600. The fourth-order valence-corrected chi connectivity index (χ4v) is 2.95. The van der Waals surface area contributed by atoms with Crippen LogP contribution in [0, 0.1) is 5.92 Å². The lowest BCUT2D eigenvalue weighted by Gasteiger charge is -2.34. The van der Waals surface area contributed by atoms with Gasteiger partial charge in [-0.1, -0.05) is 0 Å². The Bertz CT molecular complexity index is 688. The third kappa shape index (κ3) is 6.58. The van der Waals surface area contributed by atoms with Crippen molar-refractivity contribution >= 4 is 12.1 Å². The number of nitrogens with zero attached hydrogens (tertiary/aromatic N) is 1. The number of rotatable bonds is 7. The average molecular weight is 397 g/mol. The molecule has 1 aliphatic rings. The Morgan fingerprint density at radius 1 is 1.29 bits per heavy atom. The van der Waals surface area contributed by atoms with E-state index in [1.54, 1.807) is 4.90 Å². The molecule has 1 aliphatic heterocycles. The summed E-state index contributed by atoms with van der Waals surface area (Å²) in [7, 11) is 0. The Kier molecular flexibility index (Phi) is 7.48. The molecule has 0 bridgehead atoms. The summed E-state index contributed by atoms with van der Waals surface area (Å²) in [5.41, 5.74) is -0.552. The van der Waals surface area contributed by atoms with E-state index in [0.717, 1.165) is 12.8 Å². The van der Waals surface area contributed by atoms with Crippen LogP contribution in [0.4, 0.5) is 9.18 Å². The number of ether oxygens (including phenoxy) is 3. The van der Waals surface area contributed by atoms with Crippen molar-refractivity contribution < 1.29 is 33.3 Å². The first-order chi connectivity index (χ1) is 13.2. The molecule has 0 aliphatic carbocycles. The van der Waals surface area contributed by atoms with Crippen molar-refractivity contribution in [1.29, 1.82) is 0 Å². The molecule has 156 valence electrons. The molecule has 0 aromatic heterocycles. The second-order valence-electron chi connectivity index (χ2n) is 7.75. The lowest BCUT2D eigenvalue weighted by atomic mass is 9.99. The molecule has 1 amide bonds. The maximum atomic E-state index is 12.3. The molecule has 1 N–H and O–H groups in total. The van der Waals surface area contributed by atoms with Gasteiger partial charge in [0.15, 0.2) is 0 Å². The van der Waals surface area contributed by atoms with Crippen molar-refractivity contribution in [3.8, 4) is 11.5 Å². The molecule has 0 spiro atoms. The van der Waals surface area contributed by atoms with Crippen molar-refractivity contribution in [1.82, 2.24) is 4.90 Å². The molecule has 1 aromatic carbocycles. The highest BCUT2D eigenvalue weighted by Gasteiger charge is 2.28. The summed E-state index contributed by atoms with van der Waals surface area (Å²) < 4.78 is 28.7. The number of hydrogen-bond acceptors (Lipinski definition) is 5. The summed E-state index contributed by atoms with van der Waals surface area (Å²) in [4.78, 5) is 25.3. The van der Waals surface area contributed by atoms with E-state index in [0.29, 0.717) is 18.8 Å².